The van der Waals surface area contributed by atoms with Crippen LogP contribution in [0.4, 0.5) is 0 Å². The van der Waals surface area contributed by atoms with Gasteiger partial charge in [-0.05, 0) is 50.3 Å². The van der Waals surface area contributed by atoms with E-state index in [0.717, 1.165) is 57.6 Å². The summed E-state index contributed by atoms with van der Waals surface area (Å²) in [5.74, 6) is 1.47. The zero-order chi connectivity index (χ0) is 19.2. The minimum atomic E-state index is 0.0437. The number of hydrogen-bond acceptors (Lipinski definition) is 3. The first-order chi connectivity index (χ1) is 13.0. The number of nitrogens with zero attached hydrogens (tertiary/aromatic N) is 2. The number of likely N-dealkylation sites (tertiary alicyclic amines) is 2. The minimum absolute atomic E-state index is 0.0437. The molecule has 3 rings (SSSR count). The molecule has 2 heterocycles. The van der Waals surface area contributed by atoms with Gasteiger partial charge in [-0.3, -0.25) is 9.59 Å². The molecule has 1 aromatic rings. The number of carbonyl (C=O) groups excluding carboxylic acids is 2. The Morgan fingerprint density at radius 1 is 1.07 bits per heavy atom. The molecule has 2 aliphatic heterocycles. The summed E-state index contributed by atoms with van der Waals surface area (Å²) in [4.78, 5) is 28.8. The van der Waals surface area contributed by atoms with E-state index in [9.17, 15) is 9.59 Å². The Hall–Kier alpha value is -2.04. The van der Waals surface area contributed by atoms with E-state index in [1.807, 2.05) is 47.9 Å². The molecule has 1 atom stereocenters. The van der Waals surface area contributed by atoms with Crippen LogP contribution in [0, 0.1) is 11.8 Å². The fraction of sp³-hybridized carbons (Fsp3) is 0.636. The summed E-state index contributed by atoms with van der Waals surface area (Å²) in [5.41, 5.74) is 0.703. The monoisotopic (exact) mass is 372 g/mol. The number of amides is 2. The highest BCUT2D eigenvalue weighted by Crippen LogP contribution is 2.22. The molecule has 1 aromatic carbocycles. The molecule has 5 heteroatoms. The summed E-state index contributed by atoms with van der Waals surface area (Å²) < 4.78 is 6.00. The molecule has 0 spiro atoms. The second-order valence-electron chi connectivity index (χ2n) is 8.14. The molecule has 0 saturated carbocycles. The Morgan fingerprint density at radius 3 is 2.56 bits per heavy atom. The van der Waals surface area contributed by atoms with Crippen molar-refractivity contribution in [3.8, 4) is 5.75 Å². The highest BCUT2D eigenvalue weighted by molar-refractivity contribution is 5.94. The first kappa shape index (κ1) is 19.7. The van der Waals surface area contributed by atoms with Gasteiger partial charge in [-0.1, -0.05) is 19.9 Å². The van der Waals surface area contributed by atoms with Crippen LogP contribution in [0.15, 0.2) is 24.3 Å². The van der Waals surface area contributed by atoms with Crippen LogP contribution in [0.5, 0.6) is 5.75 Å². The van der Waals surface area contributed by atoms with Crippen molar-refractivity contribution in [2.45, 2.75) is 46.0 Å². The van der Waals surface area contributed by atoms with Crippen molar-refractivity contribution in [1.82, 2.24) is 9.80 Å². The summed E-state index contributed by atoms with van der Waals surface area (Å²) in [7, 11) is 0. The summed E-state index contributed by atoms with van der Waals surface area (Å²) >= 11 is 0. The number of piperidine rings is 2. The summed E-state index contributed by atoms with van der Waals surface area (Å²) in [6.07, 6.45) is 5.50. The average molecular weight is 373 g/mol. The van der Waals surface area contributed by atoms with Crippen LogP contribution in [0.25, 0.3) is 0 Å². The van der Waals surface area contributed by atoms with E-state index in [-0.39, 0.29) is 17.7 Å². The largest absolute Gasteiger partial charge is 0.493 e. The SMILES string of the molecule is CC(C)C(=O)N1CCCC(COc2cccc(C(=O)N3CCCCC3)c2)C1. The molecule has 2 saturated heterocycles. The molecule has 1 unspecified atom stereocenters. The normalized spacial score (nSPS) is 20.6. The number of hydrogen-bond donors (Lipinski definition) is 0. The number of ether oxygens (including phenoxy) is 1. The molecule has 2 fully saturated rings. The molecule has 0 N–H and O–H groups in total. The fourth-order valence-corrected chi connectivity index (χ4v) is 3.98. The van der Waals surface area contributed by atoms with Crippen molar-refractivity contribution in [1.29, 1.82) is 0 Å². The van der Waals surface area contributed by atoms with Gasteiger partial charge >= 0.3 is 0 Å². The van der Waals surface area contributed by atoms with Gasteiger partial charge in [0.1, 0.15) is 5.75 Å². The predicted octanol–water partition coefficient (Wildman–Crippen LogP) is 3.59. The molecule has 5 nitrogen and oxygen atoms in total. The summed E-state index contributed by atoms with van der Waals surface area (Å²) in [6, 6.07) is 7.53. The zero-order valence-electron chi connectivity index (χ0n) is 16.7. The summed E-state index contributed by atoms with van der Waals surface area (Å²) in [5, 5.41) is 0. The van der Waals surface area contributed by atoms with Gasteiger partial charge in [0.05, 0.1) is 6.61 Å². The maximum atomic E-state index is 12.7. The third-order valence-electron chi connectivity index (χ3n) is 5.53. The molecule has 27 heavy (non-hydrogen) atoms. The van der Waals surface area contributed by atoms with Crippen LogP contribution < -0.4 is 4.74 Å². The lowest BCUT2D eigenvalue weighted by atomic mass is 9.98. The van der Waals surface area contributed by atoms with Gasteiger partial charge in [-0.15, -0.1) is 0 Å². The molecule has 0 aliphatic carbocycles. The lowest BCUT2D eigenvalue weighted by Gasteiger charge is -2.33. The highest BCUT2D eigenvalue weighted by atomic mass is 16.5. The van der Waals surface area contributed by atoms with Gasteiger partial charge in [0.15, 0.2) is 0 Å². The molecule has 148 valence electrons. The van der Waals surface area contributed by atoms with Gasteiger partial charge in [-0.2, -0.15) is 0 Å². The van der Waals surface area contributed by atoms with Crippen molar-refractivity contribution < 1.29 is 14.3 Å². The second-order valence-corrected chi connectivity index (χ2v) is 8.14. The van der Waals surface area contributed by atoms with Crippen molar-refractivity contribution >= 4 is 11.8 Å². The number of benzene rings is 1. The van der Waals surface area contributed by atoms with E-state index in [1.54, 1.807) is 0 Å². The predicted molar refractivity (Wildman–Crippen MR) is 106 cm³/mol. The minimum Gasteiger partial charge on any atom is -0.493 e. The van der Waals surface area contributed by atoms with Crippen LogP contribution in [-0.4, -0.2) is 54.4 Å². The van der Waals surface area contributed by atoms with E-state index in [1.165, 1.54) is 6.42 Å². The average Bonchev–Trinajstić information content (AvgIpc) is 2.72. The van der Waals surface area contributed by atoms with E-state index in [2.05, 4.69) is 0 Å². The van der Waals surface area contributed by atoms with Crippen molar-refractivity contribution in [2.24, 2.45) is 11.8 Å². The summed E-state index contributed by atoms with van der Waals surface area (Å²) in [6.45, 7) is 7.82. The van der Waals surface area contributed by atoms with Crippen LogP contribution in [-0.2, 0) is 4.79 Å². The first-order valence-electron chi connectivity index (χ1n) is 10.4. The first-order valence-corrected chi connectivity index (χ1v) is 10.4. The van der Waals surface area contributed by atoms with Gasteiger partial charge in [-0.25, -0.2) is 0 Å². The Kier molecular flexibility index (Phi) is 6.75. The number of rotatable bonds is 5. The smallest absolute Gasteiger partial charge is 0.253 e. The topological polar surface area (TPSA) is 49.9 Å². The van der Waals surface area contributed by atoms with Gasteiger partial charge in [0.2, 0.25) is 5.91 Å². The second kappa shape index (κ2) is 9.25. The van der Waals surface area contributed by atoms with E-state index in [4.69, 9.17) is 4.74 Å². The maximum Gasteiger partial charge on any atom is 0.253 e. The molecular formula is C22H32N2O3. The lowest BCUT2D eigenvalue weighted by molar-refractivity contribution is -0.136. The lowest BCUT2D eigenvalue weighted by Crippen LogP contribution is -2.43. The molecule has 2 amide bonds. The van der Waals surface area contributed by atoms with Crippen LogP contribution >= 0.6 is 0 Å². The number of carbonyl (C=O) groups is 2. The van der Waals surface area contributed by atoms with Crippen LogP contribution in [0.3, 0.4) is 0 Å². The van der Waals surface area contributed by atoms with E-state index in [0.29, 0.717) is 18.1 Å². The van der Waals surface area contributed by atoms with E-state index >= 15 is 0 Å². The van der Waals surface area contributed by atoms with Crippen LogP contribution in [0.1, 0.15) is 56.3 Å². The Morgan fingerprint density at radius 2 is 1.81 bits per heavy atom. The Bertz CT molecular complexity index is 653. The van der Waals surface area contributed by atoms with Gasteiger partial charge < -0.3 is 14.5 Å². The molecular weight excluding hydrogens is 340 g/mol. The highest BCUT2D eigenvalue weighted by Gasteiger charge is 2.25. The van der Waals surface area contributed by atoms with Crippen molar-refractivity contribution in [3.05, 3.63) is 29.8 Å². The third kappa shape index (κ3) is 5.24. The molecule has 2 aliphatic rings. The van der Waals surface area contributed by atoms with Gasteiger partial charge in [0.25, 0.3) is 5.91 Å². The molecule has 0 radical (unpaired) electrons. The molecule has 0 bridgehead atoms. The van der Waals surface area contributed by atoms with Gasteiger partial charge in [0, 0.05) is 43.6 Å². The Balaban J connectivity index is 1.55. The quantitative estimate of drug-likeness (QED) is 0.794. The third-order valence-corrected chi connectivity index (χ3v) is 5.53. The van der Waals surface area contributed by atoms with Crippen molar-refractivity contribution in [3.63, 3.8) is 0 Å². The molecule has 0 aromatic heterocycles. The van der Waals surface area contributed by atoms with Crippen LogP contribution in [0.2, 0.25) is 0 Å². The zero-order valence-corrected chi connectivity index (χ0v) is 16.7. The Labute approximate surface area is 162 Å². The fourth-order valence-electron chi connectivity index (χ4n) is 3.98. The standard InChI is InChI=1S/C22H32N2O3/c1-17(2)21(25)24-13-7-8-18(15-24)16-27-20-10-6-9-19(14-20)22(26)23-11-4-3-5-12-23/h6,9-10,14,17-18H,3-5,7-8,11-13,15-16H2,1-2H3. The van der Waals surface area contributed by atoms with E-state index < -0.39 is 0 Å². The van der Waals surface area contributed by atoms with Crippen molar-refractivity contribution in [2.75, 3.05) is 32.8 Å². The maximum absolute atomic E-state index is 12.7.